The van der Waals surface area contributed by atoms with Gasteiger partial charge in [-0.3, -0.25) is 0 Å². The lowest BCUT2D eigenvalue weighted by Crippen LogP contribution is -1.93. The minimum Gasteiger partial charge on any atom is -0.477 e. The summed E-state index contributed by atoms with van der Waals surface area (Å²) >= 11 is 1.20. The lowest BCUT2D eigenvalue weighted by Gasteiger charge is -1.90. The fourth-order valence-electron chi connectivity index (χ4n) is 0.909. The molecule has 2 N–H and O–H groups in total. The highest BCUT2D eigenvalue weighted by Gasteiger charge is 2.08. The molecule has 0 fully saturated rings. The zero-order valence-corrected chi connectivity index (χ0v) is 7.75. The van der Waals surface area contributed by atoms with Crippen molar-refractivity contribution in [3.63, 3.8) is 0 Å². The van der Waals surface area contributed by atoms with Gasteiger partial charge in [-0.25, -0.2) is 4.79 Å². The van der Waals surface area contributed by atoms with Crippen molar-refractivity contribution in [2.24, 2.45) is 0 Å². The highest BCUT2D eigenvalue weighted by molar-refractivity contribution is 7.12. The van der Waals surface area contributed by atoms with Crippen LogP contribution < -0.4 is 0 Å². The predicted molar refractivity (Wildman–Crippen MR) is 52.0 cm³/mol. The van der Waals surface area contributed by atoms with Crippen LogP contribution in [0.3, 0.4) is 0 Å². The van der Waals surface area contributed by atoms with Crippen molar-refractivity contribution in [1.29, 1.82) is 0 Å². The van der Waals surface area contributed by atoms with E-state index < -0.39 is 5.97 Å². The van der Waals surface area contributed by atoms with E-state index in [2.05, 4.69) is 0 Å². The van der Waals surface area contributed by atoms with E-state index in [9.17, 15) is 4.79 Å². The van der Waals surface area contributed by atoms with Crippen molar-refractivity contribution in [2.45, 2.75) is 6.42 Å². The maximum Gasteiger partial charge on any atom is 0.346 e. The number of rotatable bonds is 4. The zero-order chi connectivity index (χ0) is 9.68. The number of carboxylic acid groups (broad SMARTS) is 1. The quantitative estimate of drug-likeness (QED) is 0.776. The van der Waals surface area contributed by atoms with Crippen molar-refractivity contribution in [2.75, 3.05) is 6.61 Å². The summed E-state index contributed by atoms with van der Waals surface area (Å²) in [4.78, 5) is 11.0. The van der Waals surface area contributed by atoms with Gasteiger partial charge in [0.1, 0.15) is 4.88 Å². The topological polar surface area (TPSA) is 57.5 Å². The molecule has 3 nitrogen and oxygen atoms in total. The second-order valence-corrected chi connectivity index (χ2v) is 3.34. The van der Waals surface area contributed by atoms with E-state index >= 15 is 0 Å². The van der Waals surface area contributed by atoms with E-state index in [4.69, 9.17) is 10.2 Å². The van der Waals surface area contributed by atoms with E-state index in [0.717, 1.165) is 0 Å². The minimum atomic E-state index is -0.904. The molecule has 0 aliphatic heterocycles. The molecule has 4 heteroatoms. The molecule has 0 aromatic carbocycles. The molecule has 13 heavy (non-hydrogen) atoms. The van der Waals surface area contributed by atoms with Gasteiger partial charge in [0.25, 0.3) is 0 Å². The van der Waals surface area contributed by atoms with Gasteiger partial charge in [-0.05, 0) is 23.4 Å². The Morgan fingerprint density at radius 1 is 1.62 bits per heavy atom. The van der Waals surface area contributed by atoms with E-state index in [1.54, 1.807) is 23.6 Å². The fraction of sp³-hybridized carbons (Fsp3) is 0.222. The molecule has 0 aliphatic carbocycles. The number of hydrogen-bond acceptors (Lipinski definition) is 3. The first kappa shape index (κ1) is 9.95. The Labute approximate surface area is 80.0 Å². The summed E-state index contributed by atoms with van der Waals surface area (Å²) in [6, 6.07) is 1.75. The highest BCUT2D eigenvalue weighted by atomic mass is 32.1. The number of carboxylic acids is 1. The lowest BCUT2D eigenvalue weighted by molar-refractivity contribution is 0.0702. The Hall–Kier alpha value is -1.13. The van der Waals surface area contributed by atoms with Gasteiger partial charge in [-0.15, -0.1) is 11.3 Å². The number of aliphatic hydroxyl groups excluding tert-OH is 1. The predicted octanol–water partition coefficient (Wildman–Crippen LogP) is 1.84. The molecule has 0 aliphatic rings. The number of thiophene rings is 1. The van der Waals surface area contributed by atoms with Crippen LogP contribution in [0.1, 0.15) is 21.7 Å². The van der Waals surface area contributed by atoms with Crippen molar-refractivity contribution in [1.82, 2.24) is 0 Å². The van der Waals surface area contributed by atoms with Crippen LogP contribution in [-0.2, 0) is 0 Å². The van der Waals surface area contributed by atoms with Crippen LogP contribution in [0.4, 0.5) is 0 Å². The molecule has 0 saturated carbocycles. The third kappa shape index (κ3) is 2.68. The van der Waals surface area contributed by atoms with Gasteiger partial charge < -0.3 is 10.2 Å². The Morgan fingerprint density at radius 2 is 2.38 bits per heavy atom. The van der Waals surface area contributed by atoms with Crippen LogP contribution in [-0.4, -0.2) is 22.8 Å². The second kappa shape index (κ2) is 4.79. The number of aromatic carboxylic acids is 1. The van der Waals surface area contributed by atoms with Gasteiger partial charge in [0.2, 0.25) is 0 Å². The van der Waals surface area contributed by atoms with E-state index in [1.807, 2.05) is 0 Å². The van der Waals surface area contributed by atoms with Crippen molar-refractivity contribution in [3.05, 3.63) is 28.0 Å². The molecule has 70 valence electrons. The van der Waals surface area contributed by atoms with Crippen molar-refractivity contribution < 1.29 is 15.0 Å². The monoisotopic (exact) mass is 198 g/mol. The van der Waals surface area contributed by atoms with Crippen LogP contribution in [0.25, 0.3) is 6.08 Å². The normalized spacial score (nSPS) is 10.8. The summed E-state index contributed by atoms with van der Waals surface area (Å²) in [6.45, 7) is 0.0864. The Morgan fingerprint density at radius 3 is 3.00 bits per heavy atom. The molecule has 0 saturated heterocycles. The SMILES string of the molecule is O=C(O)c1sccc1C=CCCO. The van der Waals surface area contributed by atoms with Crippen LogP contribution in [0.2, 0.25) is 0 Å². The highest BCUT2D eigenvalue weighted by Crippen LogP contribution is 2.18. The smallest absolute Gasteiger partial charge is 0.346 e. The Bertz CT molecular complexity index is 314. The fourth-order valence-corrected chi connectivity index (χ4v) is 1.63. The maximum absolute atomic E-state index is 10.6. The van der Waals surface area contributed by atoms with Crippen LogP contribution in [0.5, 0.6) is 0 Å². The average Bonchev–Trinajstić information content (AvgIpc) is 2.53. The summed E-state index contributed by atoms with van der Waals surface area (Å²) < 4.78 is 0. The molecule has 1 aromatic heterocycles. The molecule has 0 atom stereocenters. The number of hydrogen-bond donors (Lipinski definition) is 2. The Balaban J connectivity index is 2.76. The lowest BCUT2D eigenvalue weighted by atomic mass is 10.2. The number of carbonyl (C=O) groups is 1. The van der Waals surface area contributed by atoms with Gasteiger partial charge in [0.05, 0.1) is 0 Å². The first-order valence-corrected chi connectivity index (χ1v) is 4.72. The summed E-state index contributed by atoms with van der Waals surface area (Å²) in [6.07, 6.45) is 4.03. The third-order valence-electron chi connectivity index (χ3n) is 1.48. The summed E-state index contributed by atoms with van der Waals surface area (Å²) in [7, 11) is 0. The van der Waals surface area contributed by atoms with Gasteiger partial charge >= 0.3 is 5.97 Å². The van der Waals surface area contributed by atoms with E-state index in [1.165, 1.54) is 11.3 Å². The van der Waals surface area contributed by atoms with Gasteiger partial charge in [0, 0.05) is 6.61 Å². The summed E-state index contributed by atoms with van der Waals surface area (Å²) in [5.41, 5.74) is 0.700. The molecule has 0 bridgehead atoms. The zero-order valence-electron chi connectivity index (χ0n) is 6.93. The molecular weight excluding hydrogens is 188 g/mol. The molecule has 0 unspecified atom stereocenters. The van der Waals surface area contributed by atoms with Gasteiger partial charge in [0.15, 0.2) is 0 Å². The molecule has 1 rings (SSSR count). The van der Waals surface area contributed by atoms with E-state index in [0.29, 0.717) is 16.9 Å². The maximum atomic E-state index is 10.6. The minimum absolute atomic E-state index is 0.0864. The summed E-state index contributed by atoms with van der Waals surface area (Å²) in [5.74, 6) is -0.904. The molecule has 1 heterocycles. The molecule has 0 radical (unpaired) electrons. The first-order chi connectivity index (χ1) is 6.25. The van der Waals surface area contributed by atoms with Crippen LogP contribution in [0.15, 0.2) is 17.5 Å². The summed E-state index contributed by atoms with van der Waals surface area (Å²) in [5, 5.41) is 19.0. The third-order valence-corrected chi connectivity index (χ3v) is 2.40. The average molecular weight is 198 g/mol. The first-order valence-electron chi connectivity index (χ1n) is 3.84. The molecule has 0 amide bonds. The van der Waals surface area contributed by atoms with Crippen molar-refractivity contribution >= 4 is 23.4 Å². The second-order valence-electron chi connectivity index (χ2n) is 2.42. The molecule has 0 spiro atoms. The van der Waals surface area contributed by atoms with Crippen molar-refractivity contribution in [3.8, 4) is 0 Å². The van der Waals surface area contributed by atoms with Gasteiger partial charge in [-0.2, -0.15) is 0 Å². The largest absolute Gasteiger partial charge is 0.477 e. The van der Waals surface area contributed by atoms with Crippen LogP contribution in [0, 0.1) is 0 Å². The van der Waals surface area contributed by atoms with Gasteiger partial charge in [-0.1, -0.05) is 12.2 Å². The number of aliphatic hydroxyl groups is 1. The standard InChI is InChI=1S/C9H10O3S/c10-5-2-1-3-7-4-6-13-8(7)9(11)12/h1,3-4,6,10H,2,5H2,(H,11,12). The van der Waals surface area contributed by atoms with Crippen LogP contribution >= 0.6 is 11.3 Å². The molecular formula is C9H10O3S. The van der Waals surface area contributed by atoms with E-state index in [-0.39, 0.29) is 6.61 Å². The Kier molecular flexibility index (Phi) is 3.67. The molecule has 1 aromatic rings.